The van der Waals surface area contributed by atoms with Crippen molar-refractivity contribution in [2.24, 2.45) is 0 Å². The topological polar surface area (TPSA) is 272 Å². The minimum atomic E-state index is -0.165. The van der Waals surface area contributed by atoms with Crippen LogP contribution in [0.4, 0.5) is 0 Å². The van der Waals surface area contributed by atoms with Gasteiger partial charge in [-0.1, -0.05) is 198 Å². The summed E-state index contributed by atoms with van der Waals surface area (Å²) in [5.74, 6) is 6.25. The number of carbonyl (C=O) groups is 15. The largest absolute Gasteiger partial charge is 0.300 e. The normalized spacial score (nSPS) is 17.8. The van der Waals surface area contributed by atoms with Gasteiger partial charge in [-0.05, 0) is 157 Å². The highest BCUT2D eigenvalue weighted by atomic mass is 32.2. The lowest BCUT2D eigenvalue weighted by molar-refractivity contribution is -0.139. The Morgan fingerprint density at radius 1 is 0.200 bits per heavy atom. The second kappa shape index (κ2) is 75.0. The number of ketones is 5. The molecule has 0 aromatic carbocycles. The van der Waals surface area contributed by atoms with Crippen molar-refractivity contribution in [3.05, 3.63) is 0 Å². The van der Waals surface area contributed by atoms with Crippen LogP contribution in [0.1, 0.15) is 422 Å². The van der Waals surface area contributed by atoms with Crippen LogP contribution < -0.4 is 0 Å². The first-order valence-electron chi connectivity index (χ1n) is 47.9. The lowest BCUT2D eigenvalue weighted by Gasteiger charge is -2.14. The number of rotatable bonds is 70. The smallest absolute Gasteiger partial charge is 0.242 e. The number of thioether (sulfide) groups is 5. The molecule has 0 saturated carbocycles. The molecule has 10 amide bonds. The molecule has 0 aliphatic carbocycles. The molecule has 25 heteroatoms. The Morgan fingerprint density at radius 3 is 0.458 bits per heavy atom. The SMILES string of the molecule is CCCCCCC(=O)CCCCCN1C(=O)CC(SCCC)C1=O.CCCCCCC(=O)CCCCCN1C(=O)CC(SCCC)C1=O.CCCCCCC(=O)CCCCCN1C(=O)CC(SCCC)C1=O.CCCCCCC(=O)CCCCCN1C(=O)CC(SCCC)C1=O.CCCCCCC(=O)CCCCCN1C(=O)CC(SCCC)C1=O. The summed E-state index contributed by atoms with van der Waals surface area (Å²) in [6.45, 7) is 23.8. The van der Waals surface area contributed by atoms with Gasteiger partial charge < -0.3 is 0 Å². The molecule has 0 radical (unpaired) electrons. The lowest BCUT2D eigenvalue weighted by atomic mass is 10.1. The minimum Gasteiger partial charge on any atom is -0.300 e. The van der Waals surface area contributed by atoms with Gasteiger partial charge in [-0.3, -0.25) is 96.4 Å². The molecule has 0 bridgehead atoms. The predicted molar refractivity (Wildman–Crippen MR) is 501 cm³/mol. The zero-order valence-electron chi connectivity index (χ0n) is 76.7. The summed E-state index contributed by atoms with van der Waals surface area (Å²) in [6.07, 6.45) is 49.5. The fourth-order valence-corrected chi connectivity index (χ4v) is 19.9. The molecule has 5 fully saturated rings. The highest BCUT2D eigenvalue weighted by Gasteiger charge is 2.42. The van der Waals surface area contributed by atoms with E-state index >= 15 is 0 Å². The van der Waals surface area contributed by atoms with E-state index in [2.05, 4.69) is 69.2 Å². The Balaban J connectivity index is 0.000000750. The number of unbranched alkanes of at least 4 members (excludes halogenated alkanes) is 25. The Hall–Kier alpha value is -4.20. The third-order valence-electron chi connectivity index (χ3n) is 21.9. The van der Waals surface area contributed by atoms with Gasteiger partial charge >= 0.3 is 0 Å². The van der Waals surface area contributed by atoms with Crippen LogP contribution in [-0.2, 0) is 71.9 Å². The first kappa shape index (κ1) is 114. The van der Waals surface area contributed by atoms with Crippen molar-refractivity contribution < 1.29 is 71.9 Å². The van der Waals surface area contributed by atoms with E-state index in [1.807, 2.05) is 0 Å². The van der Waals surface area contributed by atoms with Crippen LogP contribution in [0.5, 0.6) is 0 Å². The van der Waals surface area contributed by atoms with Gasteiger partial charge in [0.15, 0.2) is 0 Å². The van der Waals surface area contributed by atoms with Gasteiger partial charge in [-0.25, -0.2) is 0 Å². The summed E-state index contributed by atoms with van der Waals surface area (Å²) in [7, 11) is 0. The summed E-state index contributed by atoms with van der Waals surface area (Å²) < 4.78 is 0. The number of imide groups is 5. The van der Waals surface area contributed by atoms with Crippen molar-refractivity contribution in [3.63, 3.8) is 0 Å². The Kier molecular flexibility index (Phi) is 71.1. The monoisotopic (exact) mass is 1780 g/mol. The standard InChI is InChI=1S/5C19H33NO3S/c5*1-3-5-6-8-11-16(21)12-9-7-10-13-20-18(22)15-17(19(20)23)24-14-4-2/h5*17H,3-15H2,1-2H3. The summed E-state index contributed by atoms with van der Waals surface area (Å²) in [6, 6.07) is 0. The number of nitrogens with zero attached hydrogens (tertiary/aromatic N) is 5. The van der Waals surface area contributed by atoms with Crippen LogP contribution in [-0.4, -0.2) is 200 Å². The number of hydrogen-bond donors (Lipinski definition) is 0. The first-order chi connectivity index (χ1) is 58.0. The number of Topliss-reactive ketones (excluding diaryl/α,β-unsaturated/α-hetero) is 5. The van der Waals surface area contributed by atoms with Crippen molar-refractivity contribution in [2.75, 3.05) is 61.5 Å². The van der Waals surface area contributed by atoms with E-state index in [1.54, 1.807) is 58.8 Å². The van der Waals surface area contributed by atoms with Crippen molar-refractivity contribution in [2.45, 2.75) is 449 Å². The van der Waals surface area contributed by atoms with Crippen LogP contribution in [0.3, 0.4) is 0 Å². The molecule has 5 atom stereocenters. The van der Waals surface area contributed by atoms with Gasteiger partial charge in [0.25, 0.3) is 0 Å². The van der Waals surface area contributed by atoms with Gasteiger partial charge in [0.2, 0.25) is 59.1 Å². The van der Waals surface area contributed by atoms with E-state index in [1.165, 1.54) is 88.7 Å². The van der Waals surface area contributed by atoms with Gasteiger partial charge in [0.05, 0.1) is 26.2 Å². The van der Waals surface area contributed by atoms with Crippen molar-refractivity contribution in [1.82, 2.24) is 24.5 Å². The maximum atomic E-state index is 12.2. The lowest BCUT2D eigenvalue weighted by Crippen LogP contribution is -2.32. The summed E-state index contributed by atoms with van der Waals surface area (Å²) in [5, 5.41) is -0.823. The number of likely N-dealkylation sites (tertiary alicyclic amines) is 5. The number of carbonyl (C=O) groups excluding carboxylic acids is 15. The van der Waals surface area contributed by atoms with E-state index in [4.69, 9.17) is 0 Å². The highest BCUT2D eigenvalue weighted by Crippen LogP contribution is 2.32. The second-order valence-corrected chi connectivity index (χ2v) is 39.6. The highest BCUT2D eigenvalue weighted by molar-refractivity contribution is 8.01. The van der Waals surface area contributed by atoms with Crippen molar-refractivity contribution in [1.29, 1.82) is 0 Å². The van der Waals surface area contributed by atoms with Crippen LogP contribution in [0, 0.1) is 0 Å². The molecule has 120 heavy (non-hydrogen) atoms. The van der Waals surface area contributed by atoms with Gasteiger partial charge in [-0.15, -0.1) is 58.8 Å². The Bertz CT molecular complexity index is 2500. The molecule has 0 spiro atoms. The van der Waals surface area contributed by atoms with E-state index in [9.17, 15) is 71.9 Å². The quantitative estimate of drug-likeness (QED) is 0.0404. The Labute approximate surface area is 748 Å². The summed E-state index contributed by atoms with van der Waals surface area (Å²) in [4.78, 5) is 187. The molecule has 5 aliphatic heterocycles. The van der Waals surface area contributed by atoms with Crippen molar-refractivity contribution in [3.8, 4) is 0 Å². The molecule has 5 rings (SSSR count). The van der Waals surface area contributed by atoms with E-state index in [-0.39, 0.29) is 85.3 Å². The average Bonchev–Trinajstić information content (AvgIpc) is 1.73. The fourth-order valence-electron chi connectivity index (χ4n) is 14.6. The molecule has 5 saturated heterocycles. The van der Waals surface area contributed by atoms with E-state index in [0.29, 0.717) is 158 Å². The zero-order valence-corrected chi connectivity index (χ0v) is 80.8. The average molecular weight is 1780 g/mol. The van der Waals surface area contributed by atoms with Gasteiger partial charge in [0.1, 0.15) is 28.9 Å². The second-order valence-electron chi connectivity index (χ2n) is 33.0. The fraction of sp³-hybridized carbons (Fsp3) is 0.842. The number of hydrogen-bond acceptors (Lipinski definition) is 20. The van der Waals surface area contributed by atoms with Crippen LogP contribution in [0.15, 0.2) is 0 Å². The van der Waals surface area contributed by atoms with Crippen LogP contribution in [0.2, 0.25) is 0 Å². The Morgan fingerprint density at radius 2 is 0.333 bits per heavy atom. The molecule has 20 nitrogen and oxygen atoms in total. The minimum absolute atomic E-state index is 0.00884. The van der Waals surface area contributed by atoms with Crippen LogP contribution >= 0.6 is 58.8 Å². The molecule has 0 N–H and O–H groups in total. The molecule has 5 unspecified atom stereocenters. The molecule has 690 valence electrons. The maximum absolute atomic E-state index is 12.2. The molecule has 5 aliphatic rings. The molecule has 0 aromatic rings. The zero-order chi connectivity index (χ0) is 88.9. The summed E-state index contributed by atoms with van der Waals surface area (Å²) >= 11 is 8.01. The molecular formula is C95H165N5O15S5. The molecular weight excluding hydrogens is 1610 g/mol. The third kappa shape index (κ3) is 52.7. The third-order valence-corrected chi connectivity index (χ3v) is 28.9. The van der Waals surface area contributed by atoms with E-state index < -0.39 is 0 Å². The summed E-state index contributed by atoms with van der Waals surface area (Å²) in [5.41, 5.74) is 0. The van der Waals surface area contributed by atoms with Crippen molar-refractivity contribution >= 4 is 147 Å². The van der Waals surface area contributed by atoms with Gasteiger partial charge in [0, 0.05) is 129 Å². The predicted octanol–water partition coefficient (Wildman–Crippen LogP) is 21.8. The van der Waals surface area contributed by atoms with Crippen LogP contribution in [0.25, 0.3) is 0 Å². The van der Waals surface area contributed by atoms with Gasteiger partial charge in [-0.2, -0.15) is 0 Å². The molecule has 0 aromatic heterocycles. The van der Waals surface area contributed by atoms with E-state index in [0.717, 1.165) is 221 Å². The molecule has 5 heterocycles. The first-order valence-corrected chi connectivity index (χ1v) is 53.1. The maximum Gasteiger partial charge on any atom is 0.242 e. The number of amides is 10.